The van der Waals surface area contributed by atoms with Crippen LogP contribution >= 0.6 is 0 Å². The quantitative estimate of drug-likeness (QED) is 0.577. The smallest absolute Gasteiger partial charge is 0.252 e. The number of nitrogens with zero attached hydrogens (tertiary/aromatic N) is 1. The van der Waals surface area contributed by atoms with E-state index in [1.165, 1.54) is 57.8 Å². The van der Waals surface area contributed by atoms with E-state index in [1.54, 1.807) is 6.21 Å². The van der Waals surface area contributed by atoms with Gasteiger partial charge < -0.3 is 5.32 Å². The van der Waals surface area contributed by atoms with E-state index in [1.807, 2.05) is 6.08 Å². The second-order valence-electron chi connectivity index (χ2n) is 12.5. The van der Waals surface area contributed by atoms with Crippen LogP contribution in [0.25, 0.3) is 0 Å². The van der Waals surface area contributed by atoms with Gasteiger partial charge in [0.1, 0.15) is 0 Å². The predicted octanol–water partition coefficient (Wildman–Crippen LogP) is 6.19. The number of dihydropyridines is 1. The summed E-state index contributed by atoms with van der Waals surface area (Å²) in [6.07, 6.45) is 17.5. The molecule has 0 radical (unpaired) electrons. The van der Waals surface area contributed by atoms with Crippen molar-refractivity contribution in [1.82, 2.24) is 5.32 Å². The zero-order chi connectivity index (χ0) is 21.8. The Bertz CT molecular complexity index is 771. The standard InChI is InChI=1S/C28H44N2O/c1-18-7-9-22-20(16-18)8-10-25-23(22)11-13-27(3)24(12-14-28(25,27)4)19(2)30-26(31)21-6-5-15-29-17-21/h6,17-20,22-25H,5,7-16H2,1-4H3,(H,30,31)/t18?,19?,20?,22?,23-,24?,25?,27?,28+/m1/s1. The maximum Gasteiger partial charge on any atom is 0.252 e. The second-order valence-corrected chi connectivity index (χ2v) is 12.5. The maximum absolute atomic E-state index is 12.9. The Kier molecular flexibility index (Phi) is 5.62. The summed E-state index contributed by atoms with van der Waals surface area (Å²) in [6.45, 7) is 10.8. The van der Waals surface area contributed by atoms with Crippen LogP contribution < -0.4 is 5.32 Å². The number of aliphatic imine (C=N–C) groups is 1. The van der Waals surface area contributed by atoms with Gasteiger partial charge in [-0.05, 0) is 111 Å². The lowest BCUT2D eigenvalue weighted by molar-refractivity contribution is -0.128. The average Bonchev–Trinajstić information content (AvgIpc) is 3.05. The first-order valence-corrected chi connectivity index (χ1v) is 13.3. The molecule has 3 heteroatoms. The van der Waals surface area contributed by atoms with Crippen LogP contribution in [0.3, 0.4) is 0 Å². The summed E-state index contributed by atoms with van der Waals surface area (Å²) in [5.74, 6) is 5.51. The van der Waals surface area contributed by atoms with Crippen molar-refractivity contribution in [2.75, 3.05) is 6.54 Å². The zero-order valence-corrected chi connectivity index (χ0v) is 20.3. The molecule has 4 fully saturated rings. The molecule has 5 rings (SSSR count). The largest absolute Gasteiger partial charge is 0.349 e. The number of fused-ring (bicyclic) bond motifs is 5. The number of carbonyl (C=O) groups excluding carboxylic acids is 1. The predicted molar refractivity (Wildman–Crippen MR) is 128 cm³/mol. The minimum Gasteiger partial charge on any atom is -0.349 e. The van der Waals surface area contributed by atoms with Gasteiger partial charge in [-0.15, -0.1) is 0 Å². The molecular formula is C28H44N2O. The van der Waals surface area contributed by atoms with E-state index in [4.69, 9.17) is 0 Å². The molecule has 1 N–H and O–H groups in total. The number of hydrogen-bond donors (Lipinski definition) is 1. The van der Waals surface area contributed by atoms with Crippen molar-refractivity contribution in [1.29, 1.82) is 0 Å². The molecule has 1 heterocycles. The van der Waals surface area contributed by atoms with Gasteiger partial charge in [-0.3, -0.25) is 9.79 Å². The van der Waals surface area contributed by atoms with Gasteiger partial charge in [0.25, 0.3) is 5.91 Å². The molecule has 1 amide bonds. The van der Waals surface area contributed by atoms with Crippen molar-refractivity contribution < 1.29 is 4.79 Å². The Morgan fingerprint density at radius 3 is 2.65 bits per heavy atom. The van der Waals surface area contributed by atoms with Crippen LogP contribution in [0.15, 0.2) is 16.6 Å². The number of amides is 1. The molecule has 172 valence electrons. The van der Waals surface area contributed by atoms with Gasteiger partial charge in [-0.25, -0.2) is 0 Å². The normalized spacial score (nSPS) is 47.5. The minimum atomic E-state index is 0.0821. The zero-order valence-electron chi connectivity index (χ0n) is 20.3. The summed E-state index contributed by atoms with van der Waals surface area (Å²) in [5.41, 5.74) is 1.56. The lowest BCUT2D eigenvalue weighted by atomic mass is 9.43. The first-order valence-electron chi connectivity index (χ1n) is 13.3. The SMILES string of the molecule is CC1CCC2C(CCC3[C@@H]2CCC2(C)C(C(C)NC(=O)C4=CCCN=C4)CC[C@@]32C)C1. The molecule has 31 heavy (non-hydrogen) atoms. The summed E-state index contributed by atoms with van der Waals surface area (Å²) in [6, 6.07) is 0.235. The van der Waals surface area contributed by atoms with Gasteiger partial charge in [0.15, 0.2) is 0 Å². The Morgan fingerprint density at radius 2 is 1.87 bits per heavy atom. The monoisotopic (exact) mass is 424 g/mol. The van der Waals surface area contributed by atoms with E-state index in [2.05, 4.69) is 38.0 Å². The highest BCUT2D eigenvalue weighted by Gasteiger charge is 2.63. The van der Waals surface area contributed by atoms with Gasteiger partial charge >= 0.3 is 0 Å². The summed E-state index contributed by atoms with van der Waals surface area (Å²) >= 11 is 0. The van der Waals surface area contributed by atoms with Crippen LogP contribution in [0.5, 0.6) is 0 Å². The molecule has 0 aromatic heterocycles. The van der Waals surface area contributed by atoms with Gasteiger partial charge in [-0.1, -0.05) is 33.3 Å². The Balaban J connectivity index is 1.32. The van der Waals surface area contributed by atoms with Gasteiger partial charge in [0, 0.05) is 18.8 Å². The third-order valence-corrected chi connectivity index (χ3v) is 11.2. The van der Waals surface area contributed by atoms with E-state index in [0.717, 1.165) is 48.1 Å². The van der Waals surface area contributed by atoms with E-state index >= 15 is 0 Å². The van der Waals surface area contributed by atoms with Crippen molar-refractivity contribution in [2.24, 2.45) is 51.3 Å². The summed E-state index contributed by atoms with van der Waals surface area (Å²) in [5, 5.41) is 3.39. The fourth-order valence-corrected chi connectivity index (χ4v) is 9.41. The van der Waals surface area contributed by atoms with E-state index in [9.17, 15) is 4.79 Å². The minimum absolute atomic E-state index is 0.0821. The highest BCUT2D eigenvalue weighted by Crippen LogP contribution is 2.70. The maximum atomic E-state index is 12.9. The molecule has 0 saturated heterocycles. The second kappa shape index (κ2) is 8.03. The summed E-state index contributed by atoms with van der Waals surface area (Å²) in [4.78, 5) is 17.2. The van der Waals surface area contributed by atoms with Crippen LogP contribution in [0.4, 0.5) is 0 Å². The summed E-state index contributed by atoms with van der Waals surface area (Å²) < 4.78 is 0. The van der Waals surface area contributed by atoms with E-state index in [-0.39, 0.29) is 11.9 Å². The lowest BCUT2D eigenvalue weighted by Gasteiger charge is -2.61. The first kappa shape index (κ1) is 21.7. The Labute approximate surface area is 189 Å². The summed E-state index contributed by atoms with van der Waals surface area (Å²) in [7, 11) is 0. The van der Waals surface area contributed by atoms with E-state index < -0.39 is 0 Å². The molecule has 9 atom stereocenters. The Morgan fingerprint density at radius 1 is 1.06 bits per heavy atom. The first-order chi connectivity index (χ1) is 14.8. The van der Waals surface area contributed by atoms with Crippen molar-refractivity contribution in [3.63, 3.8) is 0 Å². The third kappa shape index (κ3) is 3.44. The average molecular weight is 425 g/mol. The highest BCUT2D eigenvalue weighted by atomic mass is 16.1. The number of rotatable bonds is 3. The molecule has 1 aliphatic heterocycles. The third-order valence-electron chi connectivity index (χ3n) is 11.2. The van der Waals surface area contributed by atoms with Gasteiger partial charge in [0.05, 0.1) is 5.57 Å². The molecule has 0 bridgehead atoms. The van der Waals surface area contributed by atoms with Gasteiger partial charge in [0.2, 0.25) is 0 Å². The van der Waals surface area contributed by atoms with Crippen LogP contribution in [0.2, 0.25) is 0 Å². The van der Waals surface area contributed by atoms with Crippen LogP contribution in [0.1, 0.15) is 91.9 Å². The fraction of sp³-hybridized carbons (Fsp3) is 0.857. The Hall–Kier alpha value is -1.12. The van der Waals surface area contributed by atoms with E-state index in [0.29, 0.717) is 16.7 Å². The van der Waals surface area contributed by atoms with Crippen LogP contribution in [-0.2, 0) is 4.79 Å². The molecule has 0 aromatic rings. The molecule has 0 aromatic carbocycles. The van der Waals surface area contributed by atoms with Crippen molar-refractivity contribution in [3.05, 3.63) is 11.6 Å². The molecule has 5 aliphatic rings. The van der Waals surface area contributed by atoms with Crippen molar-refractivity contribution >= 4 is 12.1 Å². The van der Waals surface area contributed by atoms with Crippen molar-refractivity contribution in [2.45, 2.75) is 97.9 Å². The molecule has 7 unspecified atom stereocenters. The molecule has 4 saturated carbocycles. The number of carbonyl (C=O) groups is 1. The number of hydrogen-bond acceptors (Lipinski definition) is 2. The topological polar surface area (TPSA) is 41.5 Å². The van der Waals surface area contributed by atoms with Crippen LogP contribution in [-0.4, -0.2) is 24.7 Å². The molecular weight excluding hydrogens is 380 g/mol. The fourth-order valence-electron chi connectivity index (χ4n) is 9.41. The van der Waals surface area contributed by atoms with Crippen LogP contribution in [0, 0.1) is 46.3 Å². The molecule has 3 nitrogen and oxygen atoms in total. The highest BCUT2D eigenvalue weighted by molar-refractivity contribution is 6.12. The molecule has 0 spiro atoms. The lowest BCUT2D eigenvalue weighted by Crippen LogP contribution is -2.56. The molecule has 4 aliphatic carbocycles. The van der Waals surface area contributed by atoms with Crippen molar-refractivity contribution in [3.8, 4) is 0 Å². The number of nitrogens with one attached hydrogen (secondary N) is 1. The van der Waals surface area contributed by atoms with Gasteiger partial charge in [-0.2, -0.15) is 0 Å².